The summed E-state index contributed by atoms with van der Waals surface area (Å²) in [6, 6.07) is 0. The van der Waals surface area contributed by atoms with E-state index in [2.05, 4.69) is 5.32 Å². The minimum Gasteiger partial charge on any atom is -0.317 e. The van der Waals surface area contributed by atoms with Gasteiger partial charge in [0.15, 0.2) is 0 Å². The molecule has 1 radical (unpaired) electrons. The Hall–Kier alpha value is -0.0800. The van der Waals surface area contributed by atoms with E-state index in [4.69, 9.17) is 5.73 Å². The molecule has 2 nitrogen and oxygen atoms in total. The summed E-state index contributed by atoms with van der Waals surface area (Å²) in [6.07, 6.45) is 2.42. The van der Waals surface area contributed by atoms with Gasteiger partial charge in [0.25, 0.3) is 0 Å². The minimum absolute atomic E-state index is 0.627. The van der Waals surface area contributed by atoms with Crippen molar-refractivity contribution in [2.45, 2.75) is 12.8 Å². The molecule has 2 N–H and O–H groups in total. The highest BCUT2D eigenvalue weighted by Crippen LogP contribution is 2.08. The van der Waals surface area contributed by atoms with Crippen molar-refractivity contribution < 1.29 is 0 Å². The van der Waals surface area contributed by atoms with Gasteiger partial charge in [0.1, 0.15) is 0 Å². The summed E-state index contributed by atoms with van der Waals surface area (Å²) in [6.45, 7) is 2.88. The number of hydrogen-bond donors (Lipinski definition) is 1. The average Bonchev–Trinajstić information content (AvgIpc) is 1.90. The van der Waals surface area contributed by atoms with Crippen molar-refractivity contribution in [3.8, 4) is 0 Å². The molecule has 1 saturated heterocycles. The lowest BCUT2D eigenvalue weighted by Gasteiger charge is -2.19. The Kier molecular flexibility index (Phi) is 2.30. The summed E-state index contributed by atoms with van der Waals surface area (Å²) in [5.41, 5.74) is 7.07. The van der Waals surface area contributed by atoms with Gasteiger partial charge in [-0.05, 0) is 31.8 Å². The van der Waals surface area contributed by atoms with Crippen LogP contribution in [0.5, 0.6) is 0 Å². The quantitative estimate of drug-likeness (QED) is 0.520. The second-order valence-corrected chi connectivity index (χ2v) is 2.40. The van der Waals surface area contributed by atoms with Gasteiger partial charge in [0.2, 0.25) is 0 Å². The van der Waals surface area contributed by atoms with Crippen LogP contribution in [-0.2, 0) is 0 Å². The molecule has 0 aromatic heterocycles. The van der Waals surface area contributed by atoms with Gasteiger partial charge in [-0.25, -0.2) is 0 Å². The lowest BCUT2D eigenvalue weighted by molar-refractivity contribution is 0.379. The van der Waals surface area contributed by atoms with Crippen molar-refractivity contribution in [3.63, 3.8) is 0 Å². The molecule has 1 fully saturated rings. The second-order valence-electron chi connectivity index (χ2n) is 2.40. The maximum Gasteiger partial charge on any atom is 0.0129 e. The van der Waals surface area contributed by atoms with E-state index in [1.54, 1.807) is 0 Å². The fraction of sp³-hybridized carbons (Fsp3) is 1.00. The summed E-state index contributed by atoms with van der Waals surface area (Å²) >= 11 is 0. The Morgan fingerprint density at radius 3 is 2.38 bits per heavy atom. The van der Waals surface area contributed by atoms with Crippen LogP contribution >= 0.6 is 0 Å². The molecule has 0 aromatic rings. The third-order valence-corrected chi connectivity index (χ3v) is 1.75. The predicted octanol–water partition coefficient (Wildman–Crippen LogP) is 0.269. The monoisotopic (exact) mass is 113 g/mol. The van der Waals surface area contributed by atoms with Gasteiger partial charge >= 0.3 is 0 Å². The Morgan fingerprint density at radius 2 is 2.00 bits per heavy atom. The summed E-state index contributed by atoms with van der Waals surface area (Å²) in [5, 5.41) is 3.27. The molecule has 2 heteroatoms. The fourth-order valence-electron chi connectivity index (χ4n) is 1.09. The second kappa shape index (κ2) is 3.05. The third-order valence-electron chi connectivity index (χ3n) is 1.75. The molecule has 1 heterocycles. The van der Waals surface area contributed by atoms with Crippen molar-refractivity contribution in [2.24, 2.45) is 5.92 Å². The first-order chi connectivity index (χ1) is 3.93. The van der Waals surface area contributed by atoms with Crippen LogP contribution in [-0.4, -0.2) is 19.6 Å². The SMILES string of the molecule is [NH]CC1CCNCC1. The molecule has 0 aromatic carbocycles. The molecule has 0 bridgehead atoms. The Bertz CT molecular complexity index is 57.5. The normalized spacial score (nSPS) is 23.6. The zero-order valence-corrected chi connectivity index (χ0v) is 5.11. The van der Waals surface area contributed by atoms with Crippen molar-refractivity contribution in [1.29, 1.82) is 0 Å². The molecule has 0 amide bonds. The Morgan fingerprint density at radius 1 is 1.38 bits per heavy atom. The number of piperidine rings is 1. The van der Waals surface area contributed by atoms with Crippen molar-refractivity contribution in [1.82, 2.24) is 11.1 Å². The lowest BCUT2D eigenvalue weighted by atomic mass is 9.99. The van der Waals surface area contributed by atoms with Gasteiger partial charge < -0.3 is 5.32 Å². The molecule has 1 rings (SSSR count). The van der Waals surface area contributed by atoms with E-state index in [0.717, 1.165) is 13.1 Å². The molecule has 0 saturated carbocycles. The molecule has 1 aliphatic rings. The highest BCUT2D eigenvalue weighted by molar-refractivity contribution is 4.67. The minimum atomic E-state index is 0.627. The molecule has 0 aliphatic carbocycles. The van der Waals surface area contributed by atoms with Gasteiger partial charge in [0.05, 0.1) is 0 Å². The van der Waals surface area contributed by atoms with Crippen LogP contribution < -0.4 is 11.1 Å². The van der Waals surface area contributed by atoms with Crippen LogP contribution in [0.25, 0.3) is 0 Å². The van der Waals surface area contributed by atoms with E-state index >= 15 is 0 Å². The molecule has 0 unspecified atom stereocenters. The summed E-state index contributed by atoms with van der Waals surface area (Å²) in [4.78, 5) is 0. The van der Waals surface area contributed by atoms with Gasteiger partial charge in [-0.3, -0.25) is 5.73 Å². The summed E-state index contributed by atoms with van der Waals surface area (Å²) in [5.74, 6) is 0.691. The van der Waals surface area contributed by atoms with Crippen LogP contribution in [0, 0.1) is 5.92 Å². The molecular formula is C6H13N2. The average molecular weight is 113 g/mol. The van der Waals surface area contributed by atoms with E-state index in [1.165, 1.54) is 12.8 Å². The zero-order chi connectivity index (χ0) is 5.82. The fourth-order valence-corrected chi connectivity index (χ4v) is 1.09. The molecule has 0 spiro atoms. The first-order valence-electron chi connectivity index (χ1n) is 3.29. The maximum atomic E-state index is 7.07. The predicted molar refractivity (Wildman–Crippen MR) is 33.6 cm³/mol. The van der Waals surface area contributed by atoms with E-state index in [-0.39, 0.29) is 0 Å². The van der Waals surface area contributed by atoms with Crippen LogP contribution in [0.2, 0.25) is 0 Å². The van der Waals surface area contributed by atoms with Gasteiger partial charge in [-0.15, -0.1) is 0 Å². The van der Waals surface area contributed by atoms with E-state index < -0.39 is 0 Å². The number of rotatable bonds is 1. The highest BCUT2D eigenvalue weighted by Gasteiger charge is 2.09. The van der Waals surface area contributed by atoms with Gasteiger partial charge in [-0.1, -0.05) is 0 Å². The molecule has 47 valence electrons. The summed E-state index contributed by atoms with van der Waals surface area (Å²) in [7, 11) is 0. The topological polar surface area (TPSA) is 35.8 Å². The standard InChI is InChI=1S/C6H13N2/c7-5-6-1-3-8-4-2-6/h6-8H,1-5H2. The van der Waals surface area contributed by atoms with Crippen LogP contribution in [0.3, 0.4) is 0 Å². The first kappa shape index (κ1) is 6.05. The first-order valence-corrected chi connectivity index (χ1v) is 3.29. The van der Waals surface area contributed by atoms with E-state index in [1.807, 2.05) is 0 Å². The van der Waals surface area contributed by atoms with Gasteiger partial charge in [-0.2, -0.15) is 0 Å². The van der Waals surface area contributed by atoms with Crippen LogP contribution in [0.15, 0.2) is 0 Å². The third kappa shape index (κ3) is 1.46. The Labute approximate surface area is 50.4 Å². The molecule has 1 aliphatic heterocycles. The van der Waals surface area contributed by atoms with Crippen molar-refractivity contribution >= 4 is 0 Å². The van der Waals surface area contributed by atoms with Crippen molar-refractivity contribution in [3.05, 3.63) is 0 Å². The lowest BCUT2D eigenvalue weighted by Crippen LogP contribution is -2.29. The molecule has 8 heavy (non-hydrogen) atoms. The van der Waals surface area contributed by atoms with E-state index in [9.17, 15) is 0 Å². The number of hydrogen-bond acceptors (Lipinski definition) is 1. The van der Waals surface area contributed by atoms with E-state index in [0.29, 0.717) is 12.5 Å². The highest BCUT2D eigenvalue weighted by atomic mass is 14.9. The Balaban J connectivity index is 2.13. The number of nitrogens with one attached hydrogen (secondary N) is 2. The summed E-state index contributed by atoms with van der Waals surface area (Å²) < 4.78 is 0. The van der Waals surface area contributed by atoms with Crippen LogP contribution in [0.1, 0.15) is 12.8 Å². The van der Waals surface area contributed by atoms with Crippen molar-refractivity contribution in [2.75, 3.05) is 19.6 Å². The zero-order valence-electron chi connectivity index (χ0n) is 5.11. The van der Waals surface area contributed by atoms with Crippen LogP contribution in [0.4, 0.5) is 0 Å². The largest absolute Gasteiger partial charge is 0.317 e. The smallest absolute Gasteiger partial charge is 0.0129 e. The maximum absolute atomic E-state index is 7.07. The molecular weight excluding hydrogens is 100 g/mol. The van der Waals surface area contributed by atoms with Gasteiger partial charge in [0, 0.05) is 6.54 Å². The molecule has 0 atom stereocenters.